The third-order valence-corrected chi connectivity index (χ3v) is 4.04. The molecule has 27 heavy (non-hydrogen) atoms. The average molecular weight is 358 g/mol. The molecule has 0 saturated carbocycles. The zero-order chi connectivity index (χ0) is 18.6. The number of pyridine rings is 2. The lowest BCUT2D eigenvalue weighted by Crippen LogP contribution is -2.13. The maximum Gasteiger partial charge on any atom is 0.255 e. The van der Waals surface area contributed by atoms with Crippen LogP contribution in [0.15, 0.2) is 79.1 Å². The fraction of sp³-hybridized carbons (Fsp3) is 0. The van der Waals surface area contributed by atoms with E-state index >= 15 is 0 Å². The van der Waals surface area contributed by atoms with Gasteiger partial charge in [0.2, 0.25) is 0 Å². The smallest absolute Gasteiger partial charge is 0.255 e. The maximum absolute atomic E-state index is 13.7. The molecule has 0 radical (unpaired) electrons. The molecule has 0 aliphatic rings. The summed E-state index contributed by atoms with van der Waals surface area (Å²) < 4.78 is 13.7. The van der Waals surface area contributed by atoms with Crippen LogP contribution in [0.5, 0.6) is 0 Å². The van der Waals surface area contributed by atoms with Crippen molar-refractivity contribution in [2.45, 2.75) is 0 Å². The molecular formula is C21H15FN4O. The standard InChI is InChI=1S/C21H15FN4O/c22-16-7-1-2-8-17(16)26-21(27)15-10-12-23-19(13-15)25-18-9-3-5-14-6-4-11-24-20(14)18/h1-13H,(H,23,25)(H,26,27). The predicted octanol–water partition coefficient (Wildman–Crippen LogP) is 4.76. The number of carbonyl (C=O) groups is 1. The van der Waals surface area contributed by atoms with E-state index in [1.54, 1.807) is 30.5 Å². The van der Waals surface area contributed by atoms with Gasteiger partial charge in [-0.15, -0.1) is 0 Å². The van der Waals surface area contributed by atoms with Crippen LogP contribution in [0.3, 0.4) is 0 Å². The van der Waals surface area contributed by atoms with Crippen LogP contribution in [-0.4, -0.2) is 15.9 Å². The zero-order valence-electron chi connectivity index (χ0n) is 14.2. The number of nitrogens with one attached hydrogen (secondary N) is 2. The highest BCUT2D eigenvalue weighted by Crippen LogP contribution is 2.24. The van der Waals surface area contributed by atoms with Gasteiger partial charge < -0.3 is 10.6 Å². The SMILES string of the molecule is O=C(Nc1ccccc1F)c1ccnc(Nc2cccc3cccnc23)c1. The van der Waals surface area contributed by atoms with Gasteiger partial charge in [-0.1, -0.05) is 30.3 Å². The lowest BCUT2D eigenvalue weighted by Gasteiger charge is -2.10. The van der Waals surface area contributed by atoms with Crippen molar-refractivity contribution in [1.29, 1.82) is 0 Å². The molecule has 0 fully saturated rings. The first-order valence-corrected chi connectivity index (χ1v) is 8.33. The molecule has 4 aromatic rings. The zero-order valence-corrected chi connectivity index (χ0v) is 14.2. The lowest BCUT2D eigenvalue weighted by atomic mass is 10.2. The number of anilines is 3. The van der Waals surface area contributed by atoms with Crippen molar-refractivity contribution in [1.82, 2.24) is 9.97 Å². The van der Waals surface area contributed by atoms with Crippen molar-refractivity contribution < 1.29 is 9.18 Å². The minimum absolute atomic E-state index is 0.132. The van der Waals surface area contributed by atoms with E-state index in [0.717, 1.165) is 16.6 Å². The Kier molecular flexibility index (Phi) is 4.45. The Bertz CT molecular complexity index is 1120. The minimum atomic E-state index is -0.486. The number of benzene rings is 2. The number of rotatable bonds is 4. The molecule has 5 nitrogen and oxygen atoms in total. The number of amides is 1. The molecule has 0 saturated heterocycles. The van der Waals surface area contributed by atoms with Crippen molar-refractivity contribution in [3.63, 3.8) is 0 Å². The van der Waals surface area contributed by atoms with E-state index in [1.807, 2.05) is 30.3 Å². The Morgan fingerprint density at radius 2 is 1.67 bits per heavy atom. The first-order chi connectivity index (χ1) is 13.2. The maximum atomic E-state index is 13.7. The van der Waals surface area contributed by atoms with E-state index < -0.39 is 11.7 Å². The third-order valence-electron chi connectivity index (χ3n) is 4.04. The van der Waals surface area contributed by atoms with Gasteiger partial charge in [0.1, 0.15) is 11.6 Å². The second-order valence-electron chi connectivity index (χ2n) is 5.87. The Morgan fingerprint density at radius 3 is 2.56 bits per heavy atom. The largest absolute Gasteiger partial charge is 0.338 e. The second kappa shape index (κ2) is 7.21. The molecule has 2 heterocycles. The summed E-state index contributed by atoms with van der Waals surface area (Å²) in [4.78, 5) is 21.1. The number of aromatic nitrogens is 2. The van der Waals surface area contributed by atoms with Crippen LogP contribution in [-0.2, 0) is 0 Å². The number of carbonyl (C=O) groups excluding carboxylic acids is 1. The number of halogens is 1. The van der Waals surface area contributed by atoms with Crippen molar-refractivity contribution in [3.05, 3.63) is 90.5 Å². The molecule has 0 aliphatic carbocycles. The number of nitrogens with zero attached hydrogens (tertiary/aromatic N) is 2. The summed E-state index contributed by atoms with van der Waals surface area (Å²) in [5, 5.41) is 6.75. The van der Waals surface area contributed by atoms with Gasteiger partial charge in [0, 0.05) is 23.3 Å². The molecule has 132 valence electrons. The lowest BCUT2D eigenvalue weighted by molar-refractivity contribution is 0.102. The molecule has 6 heteroatoms. The molecule has 2 aromatic carbocycles. The minimum Gasteiger partial charge on any atom is -0.338 e. The molecule has 0 aliphatic heterocycles. The fourth-order valence-electron chi connectivity index (χ4n) is 2.74. The molecule has 0 atom stereocenters. The van der Waals surface area contributed by atoms with Crippen LogP contribution in [0.25, 0.3) is 10.9 Å². The van der Waals surface area contributed by atoms with Gasteiger partial charge in [-0.2, -0.15) is 0 Å². The van der Waals surface area contributed by atoms with Crippen LogP contribution in [0.1, 0.15) is 10.4 Å². The van der Waals surface area contributed by atoms with Gasteiger partial charge >= 0.3 is 0 Å². The molecule has 0 spiro atoms. The molecule has 2 N–H and O–H groups in total. The highest BCUT2D eigenvalue weighted by atomic mass is 19.1. The van der Waals surface area contributed by atoms with E-state index in [-0.39, 0.29) is 5.69 Å². The van der Waals surface area contributed by atoms with Crippen LogP contribution in [0, 0.1) is 5.82 Å². The summed E-state index contributed by atoms with van der Waals surface area (Å²) in [6.45, 7) is 0. The second-order valence-corrected chi connectivity index (χ2v) is 5.87. The predicted molar refractivity (Wildman–Crippen MR) is 104 cm³/mol. The van der Waals surface area contributed by atoms with E-state index in [2.05, 4.69) is 20.6 Å². The highest BCUT2D eigenvalue weighted by molar-refractivity contribution is 6.04. The Morgan fingerprint density at radius 1 is 0.852 bits per heavy atom. The van der Waals surface area contributed by atoms with Crippen molar-refractivity contribution in [2.75, 3.05) is 10.6 Å². The van der Waals surface area contributed by atoms with Gasteiger partial charge in [0.05, 0.1) is 16.9 Å². The van der Waals surface area contributed by atoms with Gasteiger partial charge in [-0.05, 0) is 36.4 Å². The summed E-state index contributed by atoms with van der Waals surface area (Å²) in [6, 6.07) is 18.8. The van der Waals surface area contributed by atoms with Crippen molar-refractivity contribution in [3.8, 4) is 0 Å². The van der Waals surface area contributed by atoms with Crippen LogP contribution < -0.4 is 10.6 Å². The van der Waals surface area contributed by atoms with Crippen molar-refractivity contribution >= 4 is 34.0 Å². The summed E-state index contributed by atoms with van der Waals surface area (Å²) >= 11 is 0. The number of fused-ring (bicyclic) bond motifs is 1. The van der Waals surface area contributed by atoms with E-state index in [4.69, 9.17) is 0 Å². The third kappa shape index (κ3) is 3.59. The first kappa shape index (κ1) is 16.7. The van der Waals surface area contributed by atoms with E-state index in [9.17, 15) is 9.18 Å². The summed E-state index contributed by atoms with van der Waals surface area (Å²) in [5.41, 5.74) is 2.09. The van der Waals surface area contributed by atoms with Crippen molar-refractivity contribution in [2.24, 2.45) is 0 Å². The summed E-state index contributed by atoms with van der Waals surface area (Å²) in [5.74, 6) is -0.406. The summed E-state index contributed by atoms with van der Waals surface area (Å²) in [7, 11) is 0. The van der Waals surface area contributed by atoms with Crippen LogP contribution >= 0.6 is 0 Å². The number of para-hydroxylation sites is 2. The Balaban J connectivity index is 1.59. The fourth-order valence-corrected chi connectivity index (χ4v) is 2.74. The Labute approximate surface area is 154 Å². The van der Waals surface area contributed by atoms with E-state index in [1.165, 1.54) is 18.3 Å². The average Bonchev–Trinajstić information content (AvgIpc) is 2.70. The molecule has 1 amide bonds. The van der Waals surface area contributed by atoms with E-state index in [0.29, 0.717) is 11.4 Å². The molecule has 4 rings (SSSR count). The number of hydrogen-bond donors (Lipinski definition) is 2. The van der Waals surface area contributed by atoms with Crippen LogP contribution in [0.4, 0.5) is 21.6 Å². The normalized spacial score (nSPS) is 10.6. The molecule has 0 bridgehead atoms. The number of hydrogen-bond acceptors (Lipinski definition) is 4. The Hall–Kier alpha value is -3.80. The monoisotopic (exact) mass is 358 g/mol. The molecule has 2 aromatic heterocycles. The van der Waals surface area contributed by atoms with Crippen LogP contribution in [0.2, 0.25) is 0 Å². The first-order valence-electron chi connectivity index (χ1n) is 8.33. The van der Waals surface area contributed by atoms with Gasteiger partial charge in [-0.3, -0.25) is 9.78 Å². The van der Waals surface area contributed by atoms with Gasteiger partial charge in [0.15, 0.2) is 0 Å². The van der Waals surface area contributed by atoms with Gasteiger partial charge in [0.25, 0.3) is 5.91 Å². The summed E-state index contributed by atoms with van der Waals surface area (Å²) in [6.07, 6.45) is 3.25. The molecular weight excluding hydrogens is 343 g/mol. The topological polar surface area (TPSA) is 66.9 Å². The quantitative estimate of drug-likeness (QED) is 0.552. The molecule has 0 unspecified atom stereocenters. The highest BCUT2D eigenvalue weighted by Gasteiger charge is 2.11. The van der Waals surface area contributed by atoms with Gasteiger partial charge in [-0.25, -0.2) is 9.37 Å².